The second kappa shape index (κ2) is 26.2. The van der Waals surface area contributed by atoms with E-state index in [1.807, 2.05) is 82.2 Å². The lowest BCUT2D eigenvalue weighted by atomic mass is 9.93. The summed E-state index contributed by atoms with van der Waals surface area (Å²) in [5.41, 5.74) is 7.91. The lowest BCUT2D eigenvalue weighted by Crippen LogP contribution is -2.40. The third-order valence-corrected chi connectivity index (χ3v) is 14.9. The number of carbonyl (C=O) groups excluding carboxylic acids is 2. The minimum atomic E-state index is -1.82. The molecular formula is C56H60F2N8O6S2. The summed E-state index contributed by atoms with van der Waals surface area (Å²) in [7, 11) is 0. The zero-order valence-corrected chi connectivity index (χ0v) is 42.6. The van der Waals surface area contributed by atoms with E-state index in [1.165, 1.54) is 24.3 Å². The number of hydrogen-bond donors (Lipinski definition) is 4. The smallest absolute Gasteiger partial charge is 0.414 e. The normalized spacial score (nSPS) is 14.5. The number of likely N-dealkylation sites (tertiary alicyclic amines) is 2. The van der Waals surface area contributed by atoms with E-state index < -0.39 is 11.9 Å². The van der Waals surface area contributed by atoms with Crippen LogP contribution in [-0.4, -0.2) is 115 Å². The van der Waals surface area contributed by atoms with Crippen molar-refractivity contribution in [1.82, 2.24) is 39.5 Å². The van der Waals surface area contributed by atoms with E-state index in [0.717, 1.165) is 134 Å². The van der Waals surface area contributed by atoms with Gasteiger partial charge in [-0.1, -0.05) is 48.5 Å². The van der Waals surface area contributed by atoms with Gasteiger partial charge < -0.3 is 39.8 Å². The van der Waals surface area contributed by atoms with Crippen LogP contribution in [0.3, 0.4) is 0 Å². The second-order valence-corrected chi connectivity index (χ2v) is 20.1. The zero-order chi connectivity index (χ0) is 51.8. The molecule has 0 saturated carbocycles. The van der Waals surface area contributed by atoms with Crippen LogP contribution in [0.4, 0.5) is 8.78 Å². The molecule has 2 saturated heterocycles. The Bertz CT molecular complexity index is 2870. The Morgan fingerprint density at radius 1 is 0.541 bits per heavy atom. The second-order valence-electron chi connectivity index (χ2n) is 18.6. The van der Waals surface area contributed by atoms with Crippen molar-refractivity contribution in [2.45, 2.75) is 51.6 Å². The molecule has 4 N–H and O–H groups in total. The Hall–Kier alpha value is -7.12. The highest BCUT2D eigenvalue weighted by Gasteiger charge is 2.24. The topological polar surface area (TPSA) is 175 Å². The lowest BCUT2D eigenvalue weighted by molar-refractivity contribution is -0.159. The number of halogens is 2. The fourth-order valence-electron chi connectivity index (χ4n) is 9.45. The number of carboxylic acids is 2. The van der Waals surface area contributed by atoms with E-state index in [-0.39, 0.29) is 23.4 Å². The summed E-state index contributed by atoms with van der Waals surface area (Å²) in [5.74, 6) is -0.674. The van der Waals surface area contributed by atoms with E-state index in [4.69, 9.17) is 29.8 Å². The number of carbonyl (C=O) groups is 4. The van der Waals surface area contributed by atoms with Crippen molar-refractivity contribution in [2.75, 3.05) is 52.4 Å². The predicted molar refractivity (Wildman–Crippen MR) is 285 cm³/mol. The van der Waals surface area contributed by atoms with E-state index >= 15 is 0 Å². The predicted octanol–water partition coefficient (Wildman–Crippen LogP) is 9.10. The van der Waals surface area contributed by atoms with Crippen molar-refractivity contribution in [2.24, 2.45) is 11.8 Å². The van der Waals surface area contributed by atoms with Crippen molar-refractivity contribution in [3.63, 3.8) is 0 Å². The van der Waals surface area contributed by atoms with Gasteiger partial charge >= 0.3 is 11.9 Å². The molecule has 0 unspecified atom stereocenters. The van der Waals surface area contributed by atoms with Crippen molar-refractivity contribution in [1.29, 1.82) is 0 Å². The molecule has 0 atom stereocenters. The molecule has 4 aromatic carbocycles. The molecule has 2 aliphatic rings. The average Bonchev–Trinajstić information content (AvgIpc) is 4.26. The summed E-state index contributed by atoms with van der Waals surface area (Å²) in [6.45, 7) is 8.65. The molecule has 0 spiro atoms. The number of thiophene rings is 2. The highest BCUT2D eigenvalue weighted by molar-refractivity contribution is 7.08. The molecule has 2 aliphatic heterocycles. The Morgan fingerprint density at radius 2 is 0.919 bits per heavy atom. The third kappa shape index (κ3) is 15.0. The van der Waals surface area contributed by atoms with Crippen LogP contribution >= 0.6 is 22.7 Å². The van der Waals surface area contributed by atoms with Gasteiger partial charge in [-0.05, 0) is 146 Å². The first-order valence-corrected chi connectivity index (χ1v) is 26.7. The molecule has 0 bridgehead atoms. The van der Waals surface area contributed by atoms with Gasteiger partial charge in [0.05, 0.1) is 22.1 Å². The number of rotatable bonds is 16. The van der Waals surface area contributed by atoms with Crippen LogP contribution in [0, 0.1) is 23.5 Å². The lowest BCUT2D eigenvalue weighted by Gasteiger charge is -2.32. The fourth-order valence-corrected chi connectivity index (χ4v) is 10.7. The maximum atomic E-state index is 13.4. The number of carboxylic acid groups (broad SMARTS) is 2. The Labute approximate surface area is 436 Å². The fraction of sp³-hybridized carbons (Fsp3) is 0.321. The maximum Gasteiger partial charge on any atom is 0.414 e. The number of nitrogens with zero attached hydrogens (tertiary/aromatic N) is 6. The van der Waals surface area contributed by atoms with Crippen molar-refractivity contribution in [3.8, 4) is 0 Å². The molecular weight excluding hydrogens is 983 g/mol. The average molecular weight is 1040 g/mol. The van der Waals surface area contributed by atoms with Gasteiger partial charge in [-0.25, -0.2) is 28.3 Å². The SMILES string of the molecule is O=C(NCCN1CCC(Cc2nc3ccccc3n2Cc2ccc(F)cc2)CC1)c1ccsc1.O=C(NCCN1CCC(Cc2nc3ccccc3n2Cc2ccc(F)cc2)CC1)c1ccsc1.O=C(O)C(=O)O. The molecule has 8 aromatic rings. The van der Waals surface area contributed by atoms with Crippen molar-refractivity contribution < 1.29 is 38.2 Å². The number of hydrogen-bond acceptors (Lipinski definition) is 10. The molecule has 4 aromatic heterocycles. The molecule has 2 amide bonds. The van der Waals surface area contributed by atoms with Crippen molar-refractivity contribution in [3.05, 3.63) is 176 Å². The molecule has 2 fully saturated rings. The molecule has 18 heteroatoms. The molecule has 10 rings (SSSR count). The van der Waals surface area contributed by atoms with E-state index in [0.29, 0.717) is 38.0 Å². The Morgan fingerprint density at radius 3 is 1.27 bits per heavy atom. The minimum absolute atomic E-state index is 0.0104. The standard InChI is InChI=1S/2C27H29FN4OS.C2H2O4/c2*28-23-7-5-21(6-8-23)18-32-25-4-2-1-3-24(25)30-26(32)17-20-9-13-31(14-10-20)15-12-29-27(33)22-11-16-34-19-22;3-1(4)2(5)6/h2*1-8,11,16,19-20H,9-10,12-15,17-18H2,(H,29,33);(H,3,4)(H,5,6). The van der Waals surface area contributed by atoms with Crippen LogP contribution in [0.2, 0.25) is 0 Å². The van der Waals surface area contributed by atoms with E-state index in [2.05, 4.69) is 53.8 Å². The first kappa shape index (κ1) is 53.2. The molecule has 14 nitrogen and oxygen atoms in total. The third-order valence-electron chi connectivity index (χ3n) is 13.5. The Balaban J connectivity index is 0.000000178. The minimum Gasteiger partial charge on any atom is -0.473 e. The van der Waals surface area contributed by atoms with Crippen LogP contribution in [0.1, 0.15) is 69.2 Å². The highest BCUT2D eigenvalue weighted by atomic mass is 32.1. The van der Waals surface area contributed by atoms with Crippen LogP contribution in [0.25, 0.3) is 22.1 Å². The number of amides is 2. The molecule has 74 heavy (non-hydrogen) atoms. The monoisotopic (exact) mass is 1040 g/mol. The summed E-state index contributed by atoms with van der Waals surface area (Å²) < 4.78 is 31.3. The zero-order valence-electron chi connectivity index (χ0n) is 41.0. The van der Waals surface area contributed by atoms with Crippen LogP contribution in [-0.2, 0) is 35.5 Å². The summed E-state index contributed by atoms with van der Waals surface area (Å²) in [6.07, 6.45) is 6.38. The van der Waals surface area contributed by atoms with Gasteiger partial charge in [0.25, 0.3) is 11.8 Å². The summed E-state index contributed by atoms with van der Waals surface area (Å²) in [6, 6.07) is 33.7. The highest BCUT2D eigenvalue weighted by Crippen LogP contribution is 2.27. The largest absolute Gasteiger partial charge is 0.473 e. The van der Waals surface area contributed by atoms with Crippen molar-refractivity contribution >= 4 is 68.5 Å². The van der Waals surface area contributed by atoms with Gasteiger partial charge in [0.1, 0.15) is 23.3 Å². The number of benzene rings is 4. The van der Waals surface area contributed by atoms with E-state index in [9.17, 15) is 18.4 Å². The number of fused-ring (bicyclic) bond motifs is 2. The Kier molecular flexibility index (Phi) is 18.8. The van der Waals surface area contributed by atoms with Crippen LogP contribution in [0.15, 0.2) is 131 Å². The summed E-state index contributed by atoms with van der Waals surface area (Å²) >= 11 is 3.08. The van der Waals surface area contributed by atoms with Crippen LogP contribution in [0.5, 0.6) is 0 Å². The number of aliphatic carboxylic acids is 2. The van der Waals surface area contributed by atoms with Gasteiger partial charge in [-0.2, -0.15) is 22.7 Å². The van der Waals surface area contributed by atoms with Gasteiger partial charge in [0.2, 0.25) is 0 Å². The number of para-hydroxylation sites is 4. The number of piperidine rings is 2. The first-order chi connectivity index (χ1) is 35.9. The maximum absolute atomic E-state index is 13.4. The van der Waals surface area contributed by atoms with Gasteiger partial charge in [0, 0.05) is 74.0 Å². The van der Waals surface area contributed by atoms with Gasteiger partial charge in [-0.3, -0.25) is 9.59 Å². The van der Waals surface area contributed by atoms with E-state index in [1.54, 1.807) is 22.7 Å². The molecule has 0 aliphatic carbocycles. The first-order valence-electron chi connectivity index (χ1n) is 24.8. The number of aromatic nitrogens is 4. The quantitative estimate of drug-likeness (QED) is 0.0684. The number of imidazole rings is 2. The molecule has 0 radical (unpaired) electrons. The van der Waals surface area contributed by atoms with Gasteiger partial charge in [-0.15, -0.1) is 0 Å². The number of nitrogens with one attached hydrogen (secondary N) is 2. The molecule has 386 valence electrons. The summed E-state index contributed by atoms with van der Waals surface area (Å²) in [5, 5.41) is 28.4. The molecule has 6 heterocycles. The van der Waals surface area contributed by atoms with Gasteiger partial charge in [0.15, 0.2) is 0 Å². The summed E-state index contributed by atoms with van der Waals surface area (Å²) in [4.78, 5) is 57.2. The van der Waals surface area contributed by atoms with Crippen LogP contribution < -0.4 is 10.6 Å².